The first-order chi connectivity index (χ1) is 9.15. The largest absolute Gasteiger partial charge is 0.294 e. The quantitative estimate of drug-likeness (QED) is 0.743. The summed E-state index contributed by atoms with van der Waals surface area (Å²) in [7, 11) is 0. The number of aromatic nitrogens is 2. The molecule has 0 unspecified atom stereocenters. The van der Waals surface area contributed by atoms with Crippen molar-refractivity contribution in [3.8, 4) is 11.4 Å². The van der Waals surface area contributed by atoms with Crippen LogP contribution in [0.5, 0.6) is 0 Å². The summed E-state index contributed by atoms with van der Waals surface area (Å²) in [5.74, 6) is 0.825. The van der Waals surface area contributed by atoms with Gasteiger partial charge >= 0.3 is 0 Å². The van der Waals surface area contributed by atoms with Crippen LogP contribution in [0.2, 0.25) is 0 Å². The predicted octanol–water partition coefficient (Wildman–Crippen LogP) is 4.19. The molecule has 1 aromatic carbocycles. The van der Waals surface area contributed by atoms with Crippen LogP contribution in [0.1, 0.15) is 28.9 Å². The highest BCUT2D eigenvalue weighted by Gasteiger charge is 2.19. The lowest BCUT2D eigenvalue weighted by molar-refractivity contribution is 0.0971. The van der Waals surface area contributed by atoms with E-state index in [2.05, 4.69) is 41.8 Å². The minimum absolute atomic E-state index is 0.157. The Kier molecular flexibility index (Phi) is 3.50. The third-order valence-electron chi connectivity index (χ3n) is 3.16. The minimum Gasteiger partial charge on any atom is -0.294 e. The smallest absolute Gasteiger partial charge is 0.166 e. The van der Waals surface area contributed by atoms with Crippen molar-refractivity contribution in [3.63, 3.8) is 0 Å². The number of carbonyl (C=O) groups is 1. The number of rotatable bonds is 1. The number of fused-ring (bicyclic) bond motifs is 1. The summed E-state index contributed by atoms with van der Waals surface area (Å²) in [5, 5.41) is 0. The van der Waals surface area contributed by atoms with Crippen LogP contribution in [0.4, 0.5) is 0 Å². The molecule has 0 spiro atoms. The van der Waals surface area contributed by atoms with Crippen LogP contribution in [0.15, 0.2) is 33.3 Å². The molecule has 0 radical (unpaired) electrons. The van der Waals surface area contributed by atoms with Crippen LogP contribution < -0.4 is 0 Å². The van der Waals surface area contributed by atoms with Crippen molar-refractivity contribution in [2.24, 2.45) is 0 Å². The highest BCUT2D eigenvalue weighted by molar-refractivity contribution is 9.13. The Labute approximate surface area is 127 Å². The molecule has 5 heteroatoms. The fourth-order valence-corrected chi connectivity index (χ4v) is 2.79. The van der Waals surface area contributed by atoms with Gasteiger partial charge in [0, 0.05) is 27.1 Å². The normalized spacial score (nSPS) is 14.3. The highest BCUT2D eigenvalue weighted by atomic mass is 79.9. The minimum atomic E-state index is 0.157. The van der Waals surface area contributed by atoms with Crippen molar-refractivity contribution < 1.29 is 4.79 Å². The van der Waals surface area contributed by atoms with Crippen molar-refractivity contribution in [3.05, 3.63) is 44.6 Å². The molecule has 96 valence electrons. The van der Waals surface area contributed by atoms with Crippen molar-refractivity contribution in [1.82, 2.24) is 9.97 Å². The van der Waals surface area contributed by atoms with Gasteiger partial charge < -0.3 is 0 Å². The van der Waals surface area contributed by atoms with E-state index in [1.54, 1.807) is 6.20 Å². The van der Waals surface area contributed by atoms with Crippen molar-refractivity contribution in [2.75, 3.05) is 0 Å². The number of halogens is 2. The zero-order valence-corrected chi connectivity index (χ0v) is 13.2. The van der Waals surface area contributed by atoms with E-state index in [4.69, 9.17) is 0 Å². The topological polar surface area (TPSA) is 42.9 Å². The number of Topliss-reactive ketones (excluding diaryl/α,β-unsaturated/α-hetero) is 1. The summed E-state index contributed by atoms with van der Waals surface area (Å²) in [6.45, 7) is 0. The van der Waals surface area contributed by atoms with Gasteiger partial charge in [-0.05, 0) is 62.9 Å². The Bertz CT molecular complexity index is 670. The van der Waals surface area contributed by atoms with E-state index < -0.39 is 0 Å². The van der Waals surface area contributed by atoms with Gasteiger partial charge in [-0.1, -0.05) is 0 Å². The van der Waals surface area contributed by atoms with Gasteiger partial charge in [-0.3, -0.25) is 4.79 Å². The molecular weight excluding hydrogens is 372 g/mol. The van der Waals surface area contributed by atoms with Crippen LogP contribution in [0.25, 0.3) is 11.4 Å². The third kappa shape index (κ3) is 2.49. The molecule has 19 heavy (non-hydrogen) atoms. The maximum absolute atomic E-state index is 11.7. The second-order valence-corrected chi connectivity index (χ2v) is 6.17. The van der Waals surface area contributed by atoms with Gasteiger partial charge in [0.2, 0.25) is 0 Å². The van der Waals surface area contributed by atoms with Gasteiger partial charge in [0.1, 0.15) is 0 Å². The zero-order valence-electron chi connectivity index (χ0n) is 9.99. The molecule has 0 atom stereocenters. The average molecular weight is 382 g/mol. The fourth-order valence-electron chi connectivity index (χ4n) is 2.17. The Morgan fingerprint density at radius 1 is 1.11 bits per heavy atom. The lowest BCUT2D eigenvalue weighted by Crippen LogP contribution is -2.13. The summed E-state index contributed by atoms with van der Waals surface area (Å²) >= 11 is 6.91. The van der Waals surface area contributed by atoms with Gasteiger partial charge in [-0.15, -0.1) is 0 Å². The van der Waals surface area contributed by atoms with Gasteiger partial charge in [0.15, 0.2) is 11.6 Å². The van der Waals surface area contributed by atoms with Gasteiger partial charge in [0.25, 0.3) is 0 Å². The second kappa shape index (κ2) is 5.13. The van der Waals surface area contributed by atoms with E-state index in [0.29, 0.717) is 17.8 Å². The number of hydrogen-bond acceptors (Lipinski definition) is 3. The number of aryl methyl sites for hydroxylation is 1. The van der Waals surface area contributed by atoms with E-state index in [1.807, 2.05) is 18.2 Å². The predicted molar refractivity (Wildman–Crippen MR) is 80.1 cm³/mol. The highest BCUT2D eigenvalue weighted by Crippen LogP contribution is 2.28. The standard InChI is InChI=1S/C14H10Br2N2O/c15-10-5-4-8(6-11(10)16)14-17-7-9-12(18-14)2-1-3-13(9)19/h4-7H,1-3H2. The van der Waals surface area contributed by atoms with Crippen molar-refractivity contribution in [2.45, 2.75) is 19.3 Å². The lowest BCUT2D eigenvalue weighted by atomic mass is 9.96. The van der Waals surface area contributed by atoms with E-state index in [9.17, 15) is 4.79 Å². The molecule has 1 aromatic heterocycles. The number of carbonyl (C=O) groups excluding carboxylic acids is 1. The zero-order chi connectivity index (χ0) is 13.4. The summed E-state index contributed by atoms with van der Waals surface area (Å²) in [6, 6.07) is 5.88. The first-order valence-electron chi connectivity index (χ1n) is 5.99. The van der Waals surface area contributed by atoms with E-state index in [0.717, 1.165) is 33.0 Å². The molecule has 0 aliphatic heterocycles. The molecule has 0 saturated carbocycles. The molecule has 1 aliphatic rings. The molecule has 3 nitrogen and oxygen atoms in total. The van der Waals surface area contributed by atoms with E-state index in [1.165, 1.54) is 0 Å². The van der Waals surface area contributed by atoms with E-state index >= 15 is 0 Å². The molecule has 0 bridgehead atoms. The van der Waals surface area contributed by atoms with Crippen LogP contribution in [-0.4, -0.2) is 15.8 Å². The van der Waals surface area contributed by atoms with Crippen LogP contribution in [-0.2, 0) is 6.42 Å². The molecular formula is C14H10Br2N2O. The summed E-state index contributed by atoms with van der Waals surface area (Å²) in [6.07, 6.45) is 4.01. The summed E-state index contributed by atoms with van der Waals surface area (Å²) in [5.41, 5.74) is 2.50. The first kappa shape index (κ1) is 12.9. The SMILES string of the molecule is O=C1CCCc2nc(-c3ccc(Br)c(Br)c3)ncc21. The molecule has 3 rings (SSSR count). The maximum atomic E-state index is 11.7. The van der Waals surface area contributed by atoms with Crippen LogP contribution >= 0.6 is 31.9 Å². The van der Waals surface area contributed by atoms with Gasteiger partial charge in [-0.25, -0.2) is 9.97 Å². The van der Waals surface area contributed by atoms with Crippen molar-refractivity contribution >= 4 is 37.6 Å². The maximum Gasteiger partial charge on any atom is 0.166 e. The lowest BCUT2D eigenvalue weighted by Gasteiger charge is -2.14. The van der Waals surface area contributed by atoms with Crippen LogP contribution in [0.3, 0.4) is 0 Å². The molecule has 0 saturated heterocycles. The number of nitrogens with zero attached hydrogens (tertiary/aromatic N) is 2. The number of benzene rings is 1. The fraction of sp³-hybridized carbons (Fsp3) is 0.214. The molecule has 0 fully saturated rings. The molecule has 1 heterocycles. The second-order valence-electron chi connectivity index (χ2n) is 4.46. The summed E-state index contributed by atoms with van der Waals surface area (Å²) < 4.78 is 1.95. The molecule has 0 N–H and O–H groups in total. The van der Waals surface area contributed by atoms with Gasteiger partial charge in [-0.2, -0.15) is 0 Å². The summed E-state index contributed by atoms with van der Waals surface area (Å²) in [4.78, 5) is 20.6. The van der Waals surface area contributed by atoms with Gasteiger partial charge in [0.05, 0.1) is 11.3 Å². The number of hydrogen-bond donors (Lipinski definition) is 0. The Morgan fingerprint density at radius 2 is 1.95 bits per heavy atom. The number of ketones is 1. The van der Waals surface area contributed by atoms with Crippen molar-refractivity contribution in [1.29, 1.82) is 0 Å². The average Bonchev–Trinajstić information content (AvgIpc) is 2.42. The molecule has 0 amide bonds. The first-order valence-corrected chi connectivity index (χ1v) is 7.58. The van der Waals surface area contributed by atoms with Crippen LogP contribution in [0, 0.1) is 0 Å². The Morgan fingerprint density at radius 3 is 2.74 bits per heavy atom. The third-order valence-corrected chi connectivity index (χ3v) is 5.04. The Balaban J connectivity index is 2.06. The monoisotopic (exact) mass is 380 g/mol. The van der Waals surface area contributed by atoms with E-state index in [-0.39, 0.29) is 5.78 Å². The molecule has 2 aromatic rings. The molecule has 1 aliphatic carbocycles. The Hall–Kier alpha value is -1.07.